The minimum atomic E-state index is -0.384. The van der Waals surface area contributed by atoms with Crippen LogP contribution in [-0.2, 0) is 9.53 Å². The predicted octanol–water partition coefficient (Wildman–Crippen LogP) is 8.32. The lowest BCUT2D eigenvalue weighted by atomic mass is 9.92. The quantitative estimate of drug-likeness (QED) is 0.130. The van der Waals surface area contributed by atoms with E-state index < -0.39 is 0 Å². The Labute approximate surface area is 224 Å². The fourth-order valence-corrected chi connectivity index (χ4v) is 5.20. The van der Waals surface area contributed by atoms with Crippen molar-refractivity contribution in [2.75, 3.05) is 18.2 Å². The van der Waals surface area contributed by atoms with Crippen molar-refractivity contribution in [1.82, 2.24) is 4.98 Å². The zero-order chi connectivity index (χ0) is 26.8. The van der Waals surface area contributed by atoms with Crippen LogP contribution in [0.3, 0.4) is 0 Å². The minimum Gasteiger partial charge on any atom is -0.465 e. The van der Waals surface area contributed by atoms with Gasteiger partial charge < -0.3 is 14.5 Å². The lowest BCUT2D eigenvalue weighted by Crippen LogP contribution is -2.15. The van der Waals surface area contributed by atoms with E-state index in [2.05, 4.69) is 56.2 Å². The maximum Gasteiger partial charge on any atom is 0.337 e. The number of oxazole rings is 1. The molecule has 0 saturated carbocycles. The first-order chi connectivity index (χ1) is 17.8. The first kappa shape index (κ1) is 28.8. The van der Waals surface area contributed by atoms with Gasteiger partial charge in [0, 0.05) is 17.9 Å². The number of hydrogen-bond acceptors (Lipinski definition) is 6. The number of anilines is 1. The topological polar surface area (TPSA) is 81.4 Å². The highest BCUT2D eigenvalue weighted by molar-refractivity contribution is 7.99. The third-order valence-corrected chi connectivity index (χ3v) is 7.37. The fourth-order valence-electron chi connectivity index (χ4n) is 4.36. The van der Waals surface area contributed by atoms with Gasteiger partial charge >= 0.3 is 5.97 Å². The molecule has 1 heterocycles. The molecule has 1 amide bonds. The van der Waals surface area contributed by atoms with Gasteiger partial charge in [0.15, 0.2) is 5.58 Å². The Morgan fingerprint density at radius 1 is 0.946 bits per heavy atom. The van der Waals surface area contributed by atoms with Crippen molar-refractivity contribution in [3.05, 3.63) is 53.1 Å². The number of thioether (sulfide) groups is 1. The third kappa shape index (κ3) is 8.35. The highest BCUT2D eigenvalue weighted by Gasteiger charge is 2.16. The van der Waals surface area contributed by atoms with Crippen molar-refractivity contribution in [2.24, 2.45) is 0 Å². The van der Waals surface area contributed by atoms with Crippen molar-refractivity contribution in [3.8, 4) is 0 Å². The maximum atomic E-state index is 12.7. The molecule has 37 heavy (non-hydrogen) atoms. The van der Waals surface area contributed by atoms with Crippen LogP contribution in [0.1, 0.15) is 106 Å². The number of amides is 1. The lowest BCUT2D eigenvalue weighted by Gasteiger charge is -2.20. The molecule has 0 bridgehead atoms. The van der Waals surface area contributed by atoms with Gasteiger partial charge in [-0.05, 0) is 54.0 Å². The number of rotatable bonds is 14. The fraction of sp³-hybridized carbons (Fsp3) is 0.500. The summed E-state index contributed by atoms with van der Waals surface area (Å²) in [7, 11) is 1.36. The van der Waals surface area contributed by atoms with Gasteiger partial charge in [-0.15, -0.1) is 0 Å². The van der Waals surface area contributed by atoms with Crippen LogP contribution < -0.4 is 5.32 Å². The van der Waals surface area contributed by atoms with Crippen LogP contribution >= 0.6 is 11.8 Å². The number of unbranched alkanes of at least 4 members (excludes halogenated alkanes) is 5. The number of esters is 1. The summed E-state index contributed by atoms with van der Waals surface area (Å²) in [6, 6.07) is 11.5. The molecule has 6 nitrogen and oxygen atoms in total. The van der Waals surface area contributed by atoms with Crippen molar-refractivity contribution in [2.45, 2.75) is 89.7 Å². The Morgan fingerprint density at radius 3 is 2.24 bits per heavy atom. The molecule has 3 rings (SSSR count). The molecule has 0 spiro atoms. The molecule has 0 saturated heterocycles. The molecule has 0 atom stereocenters. The number of para-hydroxylation sites is 1. The van der Waals surface area contributed by atoms with E-state index in [0.717, 1.165) is 55.5 Å². The summed E-state index contributed by atoms with van der Waals surface area (Å²) in [4.78, 5) is 28.8. The Kier molecular flexibility index (Phi) is 11.1. The molecule has 200 valence electrons. The maximum absolute atomic E-state index is 12.7. The van der Waals surface area contributed by atoms with Crippen LogP contribution in [0.4, 0.5) is 5.69 Å². The van der Waals surface area contributed by atoms with E-state index in [1.165, 1.54) is 18.2 Å². The number of ether oxygens (including phenoxy) is 1. The number of carbonyl (C=O) groups excluding carboxylic acids is 2. The Morgan fingerprint density at radius 2 is 1.59 bits per heavy atom. The van der Waals surface area contributed by atoms with Crippen LogP contribution in [0, 0.1) is 0 Å². The van der Waals surface area contributed by atoms with Gasteiger partial charge in [0.1, 0.15) is 5.52 Å². The number of benzene rings is 2. The zero-order valence-electron chi connectivity index (χ0n) is 22.8. The zero-order valence-corrected chi connectivity index (χ0v) is 23.6. The smallest absolute Gasteiger partial charge is 0.337 e. The summed E-state index contributed by atoms with van der Waals surface area (Å²) in [5, 5.41) is 3.85. The molecule has 0 aliphatic rings. The highest BCUT2D eigenvalue weighted by atomic mass is 32.2. The van der Waals surface area contributed by atoms with Gasteiger partial charge in [-0.25, -0.2) is 9.78 Å². The Balaban J connectivity index is 1.31. The van der Waals surface area contributed by atoms with Crippen LogP contribution in [0.5, 0.6) is 0 Å². The first-order valence-electron chi connectivity index (χ1n) is 13.3. The number of nitrogens with zero attached hydrogens (tertiary/aromatic N) is 1. The number of aromatic nitrogens is 1. The highest BCUT2D eigenvalue weighted by Crippen LogP contribution is 2.32. The van der Waals surface area contributed by atoms with Gasteiger partial charge in [0.2, 0.25) is 5.91 Å². The second kappa shape index (κ2) is 14.2. The van der Waals surface area contributed by atoms with E-state index >= 15 is 0 Å². The van der Waals surface area contributed by atoms with Crippen LogP contribution in [-0.4, -0.2) is 29.7 Å². The standard InChI is InChI=1S/C30H40N2O4S/c1-20(2)23-13-12-14-24(21(3)4)28(23)32-27(33)15-10-8-6-7-9-11-18-37-30-31-25-17-16-22(29(34)35-5)19-26(25)36-30/h12-14,16-17,19-21H,6-11,15,18H2,1-5H3,(H,32,33). The Hall–Kier alpha value is -2.80. The summed E-state index contributed by atoms with van der Waals surface area (Å²) >= 11 is 1.60. The van der Waals surface area contributed by atoms with Crippen molar-refractivity contribution < 1.29 is 18.7 Å². The van der Waals surface area contributed by atoms with E-state index in [-0.39, 0.29) is 11.9 Å². The van der Waals surface area contributed by atoms with E-state index in [0.29, 0.717) is 34.6 Å². The third-order valence-electron chi connectivity index (χ3n) is 6.45. The molecule has 1 aromatic heterocycles. The average molecular weight is 525 g/mol. The lowest BCUT2D eigenvalue weighted by molar-refractivity contribution is -0.116. The number of carbonyl (C=O) groups is 2. The molecule has 0 radical (unpaired) electrons. The number of fused-ring (bicyclic) bond motifs is 1. The Bertz CT molecular complexity index is 1160. The van der Waals surface area contributed by atoms with Gasteiger partial charge in [-0.2, -0.15) is 0 Å². The number of methoxy groups -OCH3 is 1. The predicted molar refractivity (Wildman–Crippen MR) is 152 cm³/mol. The largest absolute Gasteiger partial charge is 0.465 e. The second-order valence-corrected chi connectivity index (χ2v) is 11.1. The van der Waals surface area contributed by atoms with Crippen molar-refractivity contribution >= 4 is 40.4 Å². The van der Waals surface area contributed by atoms with Gasteiger partial charge in [-0.1, -0.05) is 83.3 Å². The van der Waals surface area contributed by atoms with Crippen LogP contribution in [0.25, 0.3) is 11.1 Å². The van der Waals surface area contributed by atoms with Crippen molar-refractivity contribution in [1.29, 1.82) is 0 Å². The van der Waals surface area contributed by atoms with Crippen LogP contribution in [0.2, 0.25) is 0 Å². The summed E-state index contributed by atoms with van der Waals surface area (Å²) in [5.74, 6) is 1.41. The summed E-state index contributed by atoms with van der Waals surface area (Å²) in [6.45, 7) is 8.68. The molecular weight excluding hydrogens is 484 g/mol. The summed E-state index contributed by atoms with van der Waals surface area (Å²) < 4.78 is 10.5. The molecule has 0 fully saturated rings. The van der Waals surface area contributed by atoms with E-state index in [1.54, 1.807) is 30.0 Å². The number of nitrogens with one attached hydrogen (secondary N) is 1. The molecule has 0 aliphatic carbocycles. The van der Waals surface area contributed by atoms with E-state index in [1.807, 2.05) is 0 Å². The van der Waals surface area contributed by atoms with Gasteiger partial charge in [-0.3, -0.25) is 4.79 Å². The van der Waals surface area contributed by atoms with E-state index in [4.69, 9.17) is 9.15 Å². The SMILES string of the molecule is COC(=O)c1ccc2nc(SCCCCCCCCC(=O)Nc3c(C(C)C)cccc3C(C)C)oc2c1. The van der Waals surface area contributed by atoms with Crippen molar-refractivity contribution in [3.63, 3.8) is 0 Å². The summed E-state index contributed by atoms with van der Waals surface area (Å²) in [6.07, 6.45) is 7.07. The monoisotopic (exact) mass is 524 g/mol. The first-order valence-corrected chi connectivity index (χ1v) is 14.3. The van der Waals surface area contributed by atoms with Gasteiger partial charge in [0.25, 0.3) is 5.22 Å². The molecule has 1 N–H and O–H groups in total. The molecule has 3 aromatic rings. The van der Waals surface area contributed by atoms with Gasteiger partial charge in [0.05, 0.1) is 12.7 Å². The molecule has 7 heteroatoms. The number of hydrogen-bond donors (Lipinski definition) is 1. The average Bonchev–Trinajstić information content (AvgIpc) is 3.29. The van der Waals surface area contributed by atoms with E-state index in [9.17, 15) is 9.59 Å². The second-order valence-electron chi connectivity index (χ2n) is 10.0. The summed E-state index contributed by atoms with van der Waals surface area (Å²) in [5.41, 5.74) is 5.23. The molecule has 0 aliphatic heterocycles. The molecule has 0 unspecified atom stereocenters. The minimum absolute atomic E-state index is 0.114. The molecular formula is C30H40N2O4S. The normalized spacial score (nSPS) is 11.4. The molecule has 2 aromatic carbocycles. The van der Waals surface area contributed by atoms with Crippen LogP contribution in [0.15, 0.2) is 46.0 Å².